The maximum Gasteiger partial charge on any atom is 0.335 e. The summed E-state index contributed by atoms with van der Waals surface area (Å²) in [6.45, 7) is 5.20. The van der Waals surface area contributed by atoms with Crippen LogP contribution >= 0.6 is 12.4 Å². The van der Waals surface area contributed by atoms with Gasteiger partial charge in [0.25, 0.3) is 11.5 Å². The van der Waals surface area contributed by atoms with Crippen molar-refractivity contribution < 1.29 is 19.2 Å². The molecule has 0 spiro atoms. The van der Waals surface area contributed by atoms with E-state index in [1.54, 1.807) is 18.4 Å². The van der Waals surface area contributed by atoms with Crippen molar-refractivity contribution in [3.8, 4) is 11.6 Å². The molecule has 0 radical (unpaired) electrons. The van der Waals surface area contributed by atoms with Gasteiger partial charge in [0.1, 0.15) is 5.69 Å². The molecule has 216 valence electrons. The van der Waals surface area contributed by atoms with Crippen molar-refractivity contribution in [2.45, 2.75) is 12.8 Å². The average Bonchev–Trinajstić information content (AvgIpc) is 3.64. The van der Waals surface area contributed by atoms with Crippen molar-refractivity contribution in [1.82, 2.24) is 29.5 Å². The first-order valence-electron chi connectivity index (χ1n) is 13.0. The van der Waals surface area contributed by atoms with Crippen LogP contribution in [0, 0.1) is 16.0 Å². The van der Waals surface area contributed by atoms with Crippen molar-refractivity contribution in [2.24, 2.45) is 5.92 Å². The second-order valence-corrected chi connectivity index (χ2v) is 10.0. The molecule has 0 amide bonds. The highest BCUT2D eigenvalue weighted by Crippen LogP contribution is 2.31. The van der Waals surface area contributed by atoms with Gasteiger partial charge in [-0.3, -0.25) is 15.0 Å². The molecule has 0 aliphatic carbocycles. The average molecular weight is 585 g/mol. The number of rotatable bonds is 7. The molecule has 0 unspecified atom stereocenters. The number of aromatic nitrogens is 5. The zero-order valence-corrected chi connectivity index (χ0v) is 22.8. The lowest BCUT2D eigenvalue weighted by molar-refractivity contribution is -0.384. The number of fused-ring (bicyclic) bond motifs is 1. The number of nitro groups is 1. The van der Waals surface area contributed by atoms with Gasteiger partial charge in [-0.15, -0.1) is 17.5 Å². The molecule has 2 aliphatic rings. The normalized spacial score (nSPS) is 17.9. The second-order valence-electron chi connectivity index (χ2n) is 10.0. The molecular formula is C25H29ClN10O5. The third-order valence-electron chi connectivity index (χ3n) is 7.41. The fourth-order valence-electron chi connectivity index (χ4n) is 5.45. The quantitative estimate of drug-likeness (QED) is 0.238. The van der Waals surface area contributed by atoms with Crippen LogP contribution in [0.25, 0.3) is 17.4 Å². The van der Waals surface area contributed by atoms with Crippen molar-refractivity contribution in [2.75, 3.05) is 61.3 Å². The van der Waals surface area contributed by atoms with Gasteiger partial charge in [-0.2, -0.15) is 19.5 Å². The summed E-state index contributed by atoms with van der Waals surface area (Å²) in [4.78, 5) is 42.4. The minimum absolute atomic E-state index is 0. The molecule has 0 bridgehead atoms. The predicted molar refractivity (Wildman–Crippen MR) is 152 cm³/mol. The minimum atomic E-state index is -1.19. The van der Waals surface area contributed by atoms with E-state index in [-0.39, 0.29) is 29.6 Å². The Bertz CT molecular complexity index is 1550. The number of piperazine rings is 1. The van der Waals surface area contributed by atoms with Crippen LogP contribution in [0.3, 0.4) is 0 Å². The lowest BCUT2D eigenvalue weighted by Crippen LogP contribution is -2.50. The Hall–Kier alpha value is -4.50. The van der Waals surface area contributed by atoms with Gasteiger partial charge in [0.15, 0.2) is 5.76 Å². The molecule has 1 aromatic carbocycles. The number of nitrogen functional groups attached to an aromatic ring is 1. The third-order valence-corrected chi connectivity index (χ3v) is 7.41. The first-order chi connectivity index (χ1) is 19.4. The van der Waals surface area contributed by atoms with Gasteiger partial charge in [-0.25, -0.2) is 4.79 Å². The molecule has 6 rings (SSSR count). The van der Waals surface area contributed by atoms with Gasteiger partial charge < -0.3 is 25.1 Å². The largest absolute Gasteiger partial charge is 0.478 e. The van der Waals surface area contributed by atoms with Crippen molar-refractivity contribution in [3.63, 3.8) is 0 Å². The van der Waals surface area contributed by atoms with E-state index in [1.165, 1.54) is 16.6 Å². The molecule has 1 atom stereocenters. The first kappa shape index (κ1) is 28.0. The summed E-state index contributed by atoms with van der Waals surface area (Å²) < 4.78 is 6.79. The number of nitrogens with zero attached hydrogens (tertiary/aromatic N) is 9. The highest BCUT2D eigenvalue weighted by Gasteiger charge is 2.29. The molecule has 2 saturated heterocycles. The molecule has 5 heterocycles. The van der Waals surface area contributed by atoms with Crippen molar-refractivity contribution in [3.05, 3.63) is 52.3 Å². The molecule has 2 fully saturated rings. The van der Waals surface area contributed by atoms with Gasteiger partial charge in [-0.1, -0.05) is 0 Å². The Morgan fingerprint density at radius 1 is 1.12 bits per heavy atom. The van der Waals surface area contributed by atoms with Crippen LogP contribution in [0.1, 0.15) is 23.2 Å². The van der Waals surface area contributed by atoms with Gasteiger partial charge in [0, 0.05) is 51.9 Å². The molecule has 3 aromatic heterocycles. The number of nitro benzene ring substituents is 1. The number of anilines is 3. The van der Waals surface area contributed by atoms with Gasteiger partial charge in [0.2, 0.25) is 17.7 Å². The number of nitrogens with two attached hydrogens (primary N) is 1. The van der Waals surface area contributed by atoms with Crippen molar-refractivity contribution >= 4 is 47.4 Å². The molecule has 2 aliphatic heterocycles. The third kappa shape index (κ3) is 5.71. The van der Waals surface area contributed by atoms with E-state index in [1.807, 2.05) is 4.90 Å². The lowest BCUT2D eigenvalue weighted by atomic mass is 9.97. The van der Waals surface area contributed by atoms with E-state index in [9.17, 15) is 20.0 Å². The topological polar surface area (TPSA) is 185 Å². The number of carboxylic acid groups (broad SMARTS) is 1. The molecular weight excluding hydrogens is 556 g/mol. The molecule has 16 heteroatoms. The Kier molecular flexibility index (Phi) is 7.90. The highest BCUT2D eigenvalue weighted by molar-refractivity contribution is 5.89. The van der Waals surface area contributed by atoms with Crippen LogP contribution < -0.4 is 15.5 Å². The summed E-state index contributed by atoms with van der Waals surface area (Å²) in [5.41, 5.74) is 6.37. The predicted octanol–water partition coefficient (Wildman–Crippen LogP) is 2.43. The second kappa shape index (κ2) is 11.5. The Morgan fingerprint density at radius 2 is 1.93 bits per heavy atom. The summed E-state index contributed by atoms with van der Waals surface area (Å²) in [7, 11) is 0. The van der Waals surface area contributed by atoms with Crippen LogP contribution in [0.15, 0.2) is 41.0 Å². The number of hydrogen-bond donors (Lipinski definition) is 2. The SMILES string of the molecule is Cl.Nc1nc(N2CCC[C@@H](CN3CCN(c4ccc(C(=O)O)cc4[N+](=O)[O-])CC3)C2)nc2nc(-c3ccco3)nn12. The molecule has 0 saturated carbocycles. The van der Waals surface area contributed by atoms with E-state index in [2.05, 4.69) is 29.9 Å². The number of furan rings is 1. The van der Waals surface area contributed by atoms with Crippen molar-refractivity contribution in [1.29, 1.82) is 0 Å². The van der Waals surface area contributed by atoms with Gasteiger partial charge >= 0.3 is 5.97 Å². The summed E-state index contributed by atoms with van der Waals surface area (Å²) in [5, 5.41) is 25.2. The zero-order valence-electron chi connectivity index (χ0n) is 22.0. The minimum Gasteiger partial charge on any atom is -0.478 e. The van der Waals surface area contributed by atoms with Crippen LogP contribution in [0.2, 0.25) is 0 Å². The fourth-order valence-corrected chi connectivity index (χ4v) is 5.45. The van der Waals surface area contributed by atoms with Crippen LogP contribution in [-0.2, 0) is 0 Å². The van der Waals surface area contributed by atoms with Crippen LogP contribution in [0.5, 0.6) is 0 Å². The number of piperidine rings is 1. The summed E-state index contributed by atoms with van der Waals surface area (Å²) in [5.74, 6) is 1.20. The maximum atomic E-state index is 11.6. The summed E-state index contributed by atoms with van der Waals surface area (Å²) in [6, 6.07) is 7.61. The lowest BCUT2D eigenvalue weighted by Gasteiger charge is -2.39. The van der Waals surface area contributed by atoms with Gasteiger partial charge in [-0.05, 0) is 43.0 Å². The standard InChI is InChI=1S/C25H28N10O5.ClH/c26-23-28-24(29-25-27-21(30-34(23)25)20-4-2-12-40-20)33-7-1-3-16(15-33)14-31-8-10-32(11-9-31)18-6-5-17(22(36)37)13-19(18)35(38)39;/h2,4-6,12-13,16H,1,3,7-11,14-15H2,(H,36,37)(H2,26,27,28,29,30);1H/t16-;/m0./s1. The fraction of sp³-hybridized carbons (Fsp3) is 0.400. The monoisotopic (exact) mass is 584 g/mol. The van der Waals surface area contributed by atoms with E-state index < -0.39 is 10.9 Å². The Labute approximate surface area is 240 Å². The Morgan fingerprint density at radius 3 is 2.63 bits per heavy atom. The smallest absolute Gasteiger partial charge is 0.335 e. The van der Waals surface area contributed by atoms with E-state index >= 15 is 0 Å². The van der Waals surface area contributed by atoms with Gasteiger partial charge in [0.05, 0.1) is 16.7 Å². The zero-order chi connectivity index (χ0) is 27.8. The number of halogens is 1. The van der Waals surface area contributed by atoms with E-state index in [4.69, 9.17) is 10.2 Å². The first-order valence-corrected chi connectivity index (χ1v) is 13.0. The number of aromatic carboxylic acids is 1. The number of hydrogen-bond acceptors (Lipinski definition) is 12. The number of carboxylic acids is 1. The van der Waals surface area contributed by atoms with Crippen LogP contribution in [0.4, 0.5) is 23.3 Å². The molecule has 4 aromatic rings. The molecule has 3 N–H and O–H groups in total. The van der Waals surface area contributed by atoms with Crippen LogP contribution in [-0.4, -0.2) is 91.3 Å². The molecule has 15 nitrogen and oxygen atoms in total. The summed E-state index contributed by atoms with van der Waals surface area (Å²) >= 11 is 0. The molecule has 41 heavy (non-hydrogen) atoms. The van der Waals surface area contributed by atoms with E-state index in [0.717, 1.165) is 51.6 Å². The maximum absolute atomic E-state index is 11.6. The van der Waals surface area contributed by atoms with E-state index in [0.29, 0.717) is 48.0 Å². The summed E-state index contributed by atoms with van der Waals surface area (Å²) in [6.07, 6.45) is 3.62. The Balaban J connectivity index is 0.00000337. The number of benzene rings is 1. The number of carbonyl (C=O) groups is 1. The highest BCUT2D eigenvalue weighted by atomic mass is 35.5.